The molecule has 0 unspecified atom stereocenters. The first-order valence-corrected chi connectivity index (χ1v) is 45.1. The second-order valence-electron chi connectivity index (χ2n) is 32.0. The summed E-state index contributed by atoms with van der Waals surface area (Å²) < 4.78 is 64.5. The van der Waals surface area contributed by atoms with Crippen molar-refractivity contribution in [1.82, 2.24) is 0 Å². The van der Waals surface area contributed by atoms with Crippen molar-refractivity contribution in [3.63, 3.8) is 0 Å². The molecule has 0 radical (unpaired) electrons. The fraction of sp³-hybridized carbons (Fsp3) is 0.590. The standard InChI is InChI=1S/C34H61IO2Si2.C33H42O4S.C11H10O2S/c1-24(23-35)29-18-19-30-26(15-14-20-34(29,30)9)16-17-27-21-28(36-38(10,11)32(3,4)5)22-31(25(27)2)37-39(12,13)33(6,7)8;1-22(16-18-38(36,37)29-13-12-24-7-4-5-8-27(24)20-29)30-14-15-31-25(9-6-17-33(30,31)3)10-11-26-19-28(34)21-32(35)23(26)2;1-14(12,13)11-7-6-9-4-2-3-5-10(9)8-11/h16-17,24,28-31H,2,14-15,18-23H2,1,3-13H3;4-5,7-8,10-13,20,22,28,30-32,34-35H,2,6,9,14-19,21H2,1,3H3;2-8H,1H3/b26-16+,27-17-;25-10+,26-11-;/t24-,28-,29-,30+,31+,34-;22-,28-,30-,31+,32+,33-;/m11./s1. The first-order valence-electron chi connectivity index (χ1n) is 34.2. The Hall–Kier alpha value is -3.26. The summed E-state index contributed by atoms with van der Waals surface area (Å²) in [5.74, 6) is 3.96. The van der Waals surface area contributed by atoms with E-state index >= 15 is 0 Å². The van der Waals surface area contributed by atoms with Crippen molar-refractivity contribution < 1.29 is 35.9 Å². The summed E-state index contributed by atoms with van der Waals surface area (Å²) in [6, 6.07) is 26.2. The first-order chi connectivity index (χ1) is 42.4. The molecule has 0 bridgehead atoms. The Morgan fingerprint density at radius 3 is 1.58 bits per heavy atom. The van der Waals surface area contributed by atoms with Crippen LogP contribution < -0.4 is 0 Å². The van der Waals surface area contributed by atoms with Gasteiger partial charge in [0.2, 0.25) is 0 Å². The Morgan fingerprint density at radius 2 is 1.09 bits per heavy atom. The molecule has 0 saturated heterocycles. The Labute approximate surface area is 566 Å². The number of sulfone groups is 2. The number of hydrogen-bond donors (Lipinski definition) is 2. The summed E-state index contributed by atoms with van der Waals surface area (Å²) in [6.45, 7) is 42.1. The number of hydrogen-bond acceptors (Lipinski definition) is 8. The van der Waals surface area contributed by atoms with E-state index in [1.54, 1.807) is 23.8 Å². The molecule has 91 heavy (non-hydrogen) atoms. The van der Waals surface area contributed by atoms with Crippen molar-refractivity contribution in [1.29, 1.82) is 0 Å². The molecule has 6 aliphatic carbocycles. The lowest BCUT2D eigenvalue weighted by molar-refractivity contribution is 0.0861. The van der Waals surface area contributed by atoms with E-state index in [9.17, 15) is 27.0 Å². The van der Waals surface area contributed by atoms with E-state index in [1.807, 2.05) is 66.7 Å². The maximum Gasteiger partial charge on any atom is 0.192 e. The van der Waals surface area contributed by atoms with Gasteiger partial charge in [0, 0.05) is 23.5 Å². The highest BCUT2D eigenvalue weighted by Crippen LogP contribution is 2.61. The third-order valence-corrected chi connectivity index (χ3v) is 37.0. The van der Waals surface area contributed by atoms with Gasteiger partial charge in [-0.3, -0.25) is 0 Å². The Kier molecular flexibility index (Phi) is 23.6. The Morgan fingerprint density at radius 1 is 0.626 bits per heavy atom. The minimum Gasteiger partial charge on any atom is -0.413 e. The number of aliphatic hydroxyl groups is 2. The van der Waals surface area contributed by atoms with Crippen molar-refractivity contribution >= 4 is 80.4 Å². The number of allylic oxidation sites excluding steroid dienone is 6. The molecule has 2 N–H and O–H groups in total. The molecule has 0 aromatic heterocycles. The molecule has 6 fully saturated rings. The number of halogens is 1. The number of fused-ring (bicyclic) bond motifs is 4. The van der Waals surface area contributed by atoms with Gasteiger partial charge < -0.3 is 19.1 Å². The predicted octanol–water partition coefficient (Wildman–Crippen LogP) is 20.3. The summed E-state index contributed by atoms with van der Waals surface area (Å²) >= 11 is 2.61. The van der Waals surface area contributed by atoms with Crippen LogP contribution in [-0.4, -0.2) is 84.5 Å². The molecule has 0 spiro atoms. The van der Waals surface area contributed by atoms with Gasteiger partial charge in [-0.1, -0.05) is 201 Å². The zero-order chi connectivity index (χ0) is 66.9. The molecule has 500 valence electrons. The van der Waals surface area contributed by atoms with Gasteiger partial charge in [-0.2, -0.15) is 0 Å². The summed E-state index contributed by atoms with van der Waals surface area (Å²) in [5, 5.41) is 24.7. The normalized spacial score (nSPS) is 30.2. The Bertz CT molecular complexity index is 3620. The van der Waals surface area contributed by atoms with Crippen LogP contribution in [0.4, 0.5) is 0 Å². The summed E-state index contributed by atoms with van der Waals surface area (Å²) in [5.41, 5.74) is 8.07. The molecule has 13 heteroatoms. The fourth-order valence-electron chi connectivity index (χ4n) is 16.2. The number of rotatable bonds is 14. The van der Waals surface area contributed by atoms with Crippen LogP contribution in [0.2, 0.25) is 36.3 Å². The number of aliphatic hydroxyl groups excluding tert-OH is 2. The molecule has 10 rings (SSSR count). The van der Waals surface area contributed by atoms with Crippen molar-refractivity contribution in [3.05, 3.63) is 156 Å². The highest BCUT2D eigenvalue weighted by atomic mass is 127. The van der Waals surface area contributed by atoms with Crippen molar-refractivity contribution in [2.75, 3.05) is 16.4 Å². The van der Waals surface area contributed by atoms with Crippen LogP contribution in [0, 0.1) is 46.3 Å². The molecule has 12 atom stereocenters. The lowest BCUT2D eigenvalue weighted by Gasteiger charge is -2.45. The molecule has 0 aliphatic heterocycles. The second-order valence-corrected chi connectivity index (χ2v) is 46.6. The largest absolute Gasteiger partial charge is 0.413 e. The molecular weight excluding hydrogens is 1310 g/mol. The van der Waals surface area contributed by atoms with Crippen LogP contribution >= 0.6 is 22.6 Å². The highest BCUT2D eigenvalue weighted by molar-refractivity contribution is 14.1. The predicted molar refractivity (Wildman–Crippen MR) is 396 cm³/mol. The number of benzene rings is 4. The van der Waals surface area contributed by atoms with Gasteiger partial charge in [-0.25, -0.2) is 16.8 Å². The van der Waals surface area contributed by atoms with E-state index in [4.69, 9.17) is 8.85 Å². The van der Waals surface area contributed by atoms with Crippen LogP contribution in [0.15, 0.2) is 166 Å². The van der Waals surface area contributed by atoms with E-state index < -0.39 is 48.5 Å². The van der Waals surface area contributed by atoms with Crippen LogP contribution in [0.25, 0.3) is 21.5 Å². The van der Waals surface area contributed by atoms with Crippen LogP contribution in [0.5, 0.6) is 0 Å². The van der Waals surface area contributed by atoms with E-state index in [0.29, 0.717) is 52.2 Å². The van der Waals surface area contributed by atoms with E-state index in [2.05, 4.69) is 155 Å². The zero-order valence-electron chi connectivity index (χ0n) is 58.1. The highest BCUT2D eigenvalue weighted by Gasteiger charge is 2.52. The summed E-state index contributed by atoms with van der Waals surface area (Å²) in [4.78, 5) is 0.797. The minimum atomic E-state index is -3.34. The van der Waals surface area contributed by atoms with E-state index in [-0.39, 0.29) is 33.5 Å². The lowest BCUT2D eigenvalue weighted by Crippen LogP contribution is -2.49. The maximum absolute atomic E-state index is 13.3. The van der Waals surface area contributed by atoms with Crippen molar-refractivity contribution in [3.8, 4) is 0 Å². The molecule has 4 aromatic rings. The van der Waals surface area contributed by atoms with Gasteiger partial charge in [0.15, 0.2) is 36.3 Å². The van der Waals surface area contributed by atoms with E-state index in [0.717, 1.165) is 89.0 Å². The monoisotopic (exact) mass is 1420 g/mol. The summed E-state index contributed by atoms with van der Waals surface area (Å²) in [6.07, 6.45) is 25.5. The van der Waals surface area contributed by atoms with Crippen LogP contribution in [-0.2, 0) is 28.5 Å². The second kappa shape index (κ2) is 29.2. The van der Waals surface area contributed by atoms with Crippen LogP contribution in [0.3, 0.4) is 0 Å². The van der Waals surface area contributed by atoms with Crippen molar-refractivity contribution in [2.24, 2.45) is 46.3 Å². The van der Waals surface area contributed by atoms with Gasteiger partial charge in [-0.05, 0) is 234 Å². The summed E-state index contributed by atoms with van der Waals surface area (Å²) in [7, 11) is -10.3. The Balaban J connectivity index is 0.000000193. The fourth-order valence-corrected chi connectivity index (χ4v) is 21.6. The van der Waals surface area contributed by atoms with Gasteiger partial charge in [0.05, 0.1) is 40.0 Å². The van der Waals surface area contributed by atoms with Gasteiger partial charge in [-0.15, -0.1) is 0 Å². The average molecular weight is 1430 g/mol. The average Bonchev–Trinajstić information content (AvgIpc) is 1.70. The minimum absolute atomic E-state index is 0.0519. The number of alkyl halides is 1. The molecular formula is C78H113IO8S2Si2. The third kappa shape index (κ3) is 17.1. The van der Waals surface area contributed by atoms with Gasteiger partial charge in [0.25, 0.3) is 0 Å². The molecule has 0 amide bonds. The lowest BCUT2D eigenvalue weighted by atomic mass is 9.61. The van der Waals surface area contributed by atoms with Crippen molar-refractivity contribution in [2.45, 2.75) is 236 Å². The zero-order valence-corrected chi connectivity index (χ0v) is 63.9. The van der Waals surface area contributed by atoms with Gasteiger partial charge in [0.1, 0.15) is 0 Å². The maximum atomic E-state index is 13.3. The molecule has 6 saturated carbocycles. The molecule has 8 nitrogen and oxygen atoms in total. The first kappa shape index (κ1) is 73.6. The van der Waals surface area contributed by atoms with Gasteiger partial charge >= 0.3 is 0 Å². The third-order valence-electron chi connectivity index (χ3n) is 23.8. The topological polar surface area (TPSA) is 127 Å². The van der Waals surface area contributed by atoms with Crippen LogP contribution in [0.1, 0.15) is 166 Å². The molecule has 4 aromatic carbocycles. The van der Waals surface area contributed by atoms with E-state index in [1.165, 1.54) is 65.9 Å². The smallest absolute Gasteiger partial charge is 0.192 e. The molecule has 6 aliphatic rings. The molecule has 0 heterocycles. The SMILES string of the molecule is C=C1/C(=C\C=C2/CCC[C@]3(C)[C@@H]([C@H](C)CCS(=O)(=O)c4ccc5ccccc5c4)CC[C@@H]23)C[C@@H](O)C[C@@H]1O.C=C1/C(=C\C=C2/CCC[C@]3(C)[C@@H]([C@H](C)CI)CC[C@@H]23)C[C@@H](O[Si](C)(C)C(C)(C)C)C[C@@H]1O[Si](C)(C)C(C)(C)C.CS(=O)(=O)c1ccc2ccccc2c1. The quantitative estimate of drug-likeness (QED) is 0.0726.